The second-order valence-corrected chi connectivity index (χ2v) is 5.79. The van der Waals surface area contributed by atoms with E-state index in [1.165, 1.54) is 0 Å². The molecule has 0 heterocycles. The van der Waals surface area contributed by atoms with Crippen LogP contribution in [0.3, 0.4) is 0 Å². The first-order chi connectivity index (χ1) is 9.85. The van der Waals surface area contributed by atoms with Crippen molar-refractivity contribution in [2.75, 3.05) is 0 Å². The lowest BCUT2D eigenvalue weighted by Crippen LogP contribution is -2.41. The molecule has 0 aliphatic rings. The molecular weight excluding hydrogens is 264 g/mol. The number of hydrogen-bond donors (Lipinski definition) is 2. The molecule has 0 fully saturated rings. The molecule has 1 amide bonds. The van der Waals surface area contributed by atoms with E-state index in [1.54, 1.807) is 6.92 Å². The lowest BCUT2D eigenvalue weighted by molar-refractivity contribution is -0.127. The first-order valence-electron chi connectivity index (χ1n) is 7.68. The van der Waals surface area contributed by atoms with Crippen molar-refractivity contribution in [1.82, 2.24) is 5.32 Å². The third-order valence-electron chi connectivity index (χ3n) is 3.44. The molecule has 4 heteroatoms. The fraction of sp³-hybridized carbons (Fsp3) is 0.588. The first-order valence-corrected chi connectivity index (χ1v) is 7.68. The minimum absolute atomic E-state index is 0.0906. The van der Waals surface area contributed by atoms with Crippen molar-refractivity contribution >= 4 is 5.91 Å². The maximum Gasteiger partial charge on any atom is 0.260 e. The number of rotatable bonds is 7. The Hall–Kier alpha value is -1.55. The highest BCUT2D eigenvalue weighted by atomic mass is 16.5. The fourth-order valence-electron chi connectivity index (χ4n) is 2.24. The van der Waals surface area contributed by atoms with Crippen molar-refractivity contribution < 1.29 is 9.53 Å². The molecule has 2 unspecified atom stereocenters. The van der Waals surface area contributed by atoms with E-state index in [9.17, 15) is 4.79 Å². The predicted molar refractivity (Wildman–Crippen MR) is 86.4 cm³/mol. The topological polar surface area (TPSA) is 64.3 Å². The summed E-state index contributed by atoms with van der Waals surface area (Å²) in [5.41, 5.74) is 8.03. The predicted octanol–water partition coefficient (Wildman–Crippen LogP) is 3.09. The van der Waals surface area contributed by atoms with Gasteiger partial charge in [0.05, 0.1) is 0 Å². The quantitative estimate of drug-likeness (QED) is 0.811. The largest absolute Gasteiger partial charge is 0.481 e. The van der Waals surface area contributed by atoms with Crippen LogP contribution in [-0.4, -0.2) is 18.1 Å². The molecule has 0 saturated heterocycles. The molecule has 3 N–H and O–H groups in total. The van der Waals surface area contributed by atoms with Gasteiger partial charge in [-0.05, 0) is 40.2 Å². The molecule has 118 valence electrons. The van der Waals surface area contributed by atoms with Crippen LogP contribution in [0, 0.1) is 6.92 Å². The first kappa shape index (κ1) is 17.5. The van der Waals surface area contributed by atoms with E-state index in [0.29, 0.717) is 5.75 Å². The minimum Gasteiger partial charge on any atom is -0.481 e. The molecule has 0 spiro atoms. The van der Waals surface area contributed by atoms with Gasteiger partial charge in [-0.1, -0.05) is 31.0 Å². The second-order valence-electron chi connectivity index (χ2n) is 5.79. The highest BCUT2D eigenvalue weighted by Crippen LogP contribution is 2.26. The third-order valence-corrected chi connectivity index (χ3v) is 3.44. The Labute approximate surface area is 128 Å². The Morgan fingerprint density at radius 3 is 2.57 bits per heavy atom. The van der Waals surface area contributed by atoms with Crippen LogP contribution in [-0.2, 0) is 4.79 Å². The number of carbonyl (C=O) groups is 1. The average molecular weight is 292 g/mol. The van der Waals surface area contributed by atoms with Gasteiger partial charge < -0.3 is 15.8 Å². The highest BCUT2D eigenvalue weighted by molar-refractivity contribution is 5.81. The summed E-state index contributed by atoms with van der Waals surface area (Å²) in [5.74, 6) is 0.591. The van der Waals surface area contributed by atoms with Crippen molar-refractivity contribution in [2.24, 2.45) is 5.73 Å². The SMILES string of the molecule is CCCC(C)NC(=O)C(C)Oc1ccc(C)cc1[C@H](C)N. The van der Waals surface area contributed by atoms with Crippen LogP contribution in [0.5, 0.6) is 5.75 Å². The van der Waals surface area contributed by atoms with Gasteiger partial charge in [-0.2, -0.15) is 0 Å². The standard InChI is InChI=1S/C17H28N2O2/c1-6-7-12(3)19-17(20)14(5)21-16-9-8-11(2)10-15(16)13(4)18/h8-10,12-14H,6-7,18H2,1-5H3,(H,19,20)/t12?,13-,14?/m0/s1. The Kier molecular flexibility index (Phi) is 6.69. The molecule has 4 nitrogen and oxygen atoms in total. The Morgan fingerprint density at radius 1 is 1.33 bits per heavy atom. The van der Waals surface area contributed by atoms with Gasteiger partial charge in [-0.15, -0.1) is 0 Å². The zero-order valence-corrected chi connectivity index (χ0v) is 13.8. The molecule has 3 atom stereocenters. The molecule has 0 aliphatic heterocycles. The van der Waals surface area contributed by atoms with Gasteiger partial charge in [-0.3, -0.25) is 4.79 Å². The molecule has 1 rings (SSSR count). The van der Waals surface area contributed by atoms with E-state index in [-0.39, 0.29) is 18.0 Å². The van der Waals surface area contributed by atoms with Crippen molar-refractivity contribution in [3.8, 4) is 5.75 Å². The fourth-order valence-corrected chi connectivity index (χ4v) is 2.24. The van der Waals surface area contributed by atoms with Gasteiger partial charge >= 0.3 is 0 Å². The normalized spacial score (nSPS) is 15.1. The maximum atomic E-state index is 12.1. The van der Waals surface area contributed by atoms with Crippen molar-refractivity contribution in [3.05, 3.63) is 29.3 Å². The van der Waals surface area contributed by atoms with E-state index in [1.807, 2.05) is 39.0 Å². The number of ether oxygens (including phenoxy) is 1. The second kappa shape index (κ2) is 8.03. The summed E-state index contributed by atoms with van der Waals surface area (Å²) in [5, 5.41) is 2.97. The van der Waals surface area contributed by atoms with Crippen molar-refractivity contribution in [2.45, 2.75) is 65.6 Å². The summed E-state index contributed by atoms with van der Waals surface area (Å²) in [4.78, 5) is 12.1. The summed E-state index contributed by atoms with van der Waals surface area (Å²) < 4.78 is 5.81. The zero-order chi connectivity index (χ0) is 16.0. The number of benzene rings is 1. The average Bonchev–Trinajstić information content (AvgIpc) is 2.40. The van der Waals surface area contributed by atoms with E-state index in [4.69, 9.17) is 10.5 Å². The molecule has 0 radical (unpaired) electrons. The maximum absolute atomic E-state index is 12.1. The Balaban J connectivity index is 2.74. The monoisotopic (exact) mass is 292 g/mol. The number of nitrogens with one attached hydrogen (secondary N) is 1. The van der Waals surface area contributed by atoms with Gasteiger partial charge in [0.15, 0.2) is 6.10 Å². The number of aryl methyl sites for hydroxylation is 1. The van der Waals surface area contributed by atoms with Crippen LogP contribution in [0.2, 0.25) is 0 Å². The molecule has 0 aromatic heterocycles. The minimum atomic E-state index is -0.537. The van der Waals surface area contributed by atoms with Crippen LogP contribution in [0.4, 0.5) is 0 Å². The summed E-state index contributed by atoms with van der Waals surface area (Å²) >= 11 is 0. The molecule has 21 heavy (non-hydrogen) atoms. The van der Waals surface area contributed by atoms with E-state index in [2.05, 4.69) is 12.2 Å². The smallest absolute Gasteiger partial charge is 0.260 e. The molecule has 0 aliphatic carbocycles. The van der Waals surface area contributed by atoms with Crippen molar-refractivity contribution in [3.63, 3.8) is 0 Å². The molecular formula is C17H28N2O2. The molecule has 1 aromatic rings. The van der Waals surface area contributed by atoms with Gasteiger partial charge in [0, 0.05) is 17.6 Å². The van der Waals surface area contributed by atoms with Crippen LogP contribution in [0.25, 0.3) is 0 Å². The summed E-state index contributed by atoms with van der Waals surface area (Å²) in [6, 6.07) is 5.89. The van der Waals surface area contributed by atoms with Crippen LogP contribution in [0.15, 0.2) is 18.2 Å². The Bertz CT molecular complexity index is 472. The van der Waals surface area contributed by atoms with Gasteiger partial charge in [-0.25, -0.2) is 0 Å². The molecule has 0 bridgehead atoms. The van der Waals surface area contributed by atoms with E-state index < -0.39 is 6.10 Å². The van der Waals surface area contributed by atoms with Gasteiger partial charge in [0.1, 0.15) is 5.75 Å². The van der Waals surface area contributed by atoms with E-state index >= 15 is 0 Å². The molecule has 0 saturated carbocycles. The van der Waals surface area contributed by atoms with Crippen molar-refractivity contribution in [1.29, 1.82) is 0 Å². The van der Waals surface area contributed by atoms with Crippen LogP contribution < -0.4 is 15.8 Å². The van der Waals surface area contributed by atoms with Crippen LogP contribution >= 0.6 is 0 Å². The molecule has 1 aromatic carbocycles. The summed E-state index contributed by atoms with van der Waals surface area (Å²) in [6.45, 7) is 9.80. The highest BCUT2D eigenvalue weighted by Gasteiger charge is 2.18. The third kappa shape index (κ3) is 5.38. The van der Waals surface area contributed by atoms with Gasteiger partial charge in [0.25, 0.3) is 5.91 Å². The number of nitrogens with two attached hydrogens (primary N) is 1. The van der Waals surface area contributed by atoms with E-state index in [0.717, 1.165) is 24.0 Å². The summed E-state index contributed by atoms with van der Waals surface area (Å²) in [7, 11) is 0. The number of hydrogen-bond acceptors (Lipinski definition) is 3. The number of carbonyl (C=O) groups excluding carboxylic acids is 1. The number of amides is 1. The lowest BCUT2D eigenvalue weighted by Gasteiger charge is -2.21. The van der Waals surface area contributed by atoms with Crippen LogP contribution in [0.1, 0.15) is 57.7 Å². The Morgan fingerprint density at radius 2 is 2.00 bits per heavy atom. The van der Waals surface area contributed by atoms with Gasteiger partial charge in [0.2, 0.25) is 0 Å². The lowest BCUT2D eigenvalue weighted by atomic mass is 10.1. The summed E-state index contributed by atoms with van der Waals surface area (Å²) in [6.07, 6.45) is 1.47. The zero-order valence-electron chi connectivity index (χ0n) is 13.8.